The molecule has 108 valence electrons. The Bertz CT molecular complexity index is 453. The molecule has 1 heterocycles. The van der Waals surface area contributed by atoms with Gasteiger partial charge in [0.1, 0.15) is 12.4 Å². The lowest BCUT2D eigenvalue weighted by molar-refractivity contribution is -0.0402. The van der Waals surface area contributed by atoms with Gasteiger partial charge in [-0.05, 0) is 31.2 Å². The minimum atomic E-state index is 0.0530. The van der Waals surface area contributed by atoms with Crippen molar-refractivity contribution in [3.8, 4) is 11.8 Å². The molecule has 1 aliphatic heterocycles. The Hall–Kier alpha value is -1.61. The van der Waals surface area contributed by atoms with Gasteiger partial charge in [0.05, 0.1) is 24.3 Å². The van der Waals surface area contributed by atoms with Crippen molar-refractivity contribution >= 4 is 0 Å². The van der Waals surface area contributed by atoms with Crippen molar-refractivity contribution in [1.29, 1.82) is 5.26 Å². The molecule has 2 rings (SSSR count). The molecule has 1 aliphatic rings. The summed E-state index contributed by atoms with van der Waals surface area (Å²) in [6.45, 7) is 5.95. The minimum absolute atomic E-state index is 0.0530. The lowest BCUT2D eigenvalue weighted by atomic mass is 10.1. The number of nitrogens with zero attached hydrogens (tertiary/aromatic N) is 2. The molecule has 20 heavy (non-hydrogen) atoms. The summed E-state index contributed by atoms with van der Waals surface area (Å²) in [4.78, 5) is 2.31. The highest BCUT2D eigenvalue weighted by Crippen LogP contribution is 2.12. The lowest BCUT2D eigenvalue weighted by Crippen LogP contribution is -2.50. The molecule has 1 fully saturated rings. The van der Waals surface area contributed by atoms with Gasteiger partial charge in [-0.1, -0.05) is 0 Å². The predicted octanol–water partition coefficient (Wildman–Crippen LogP) is 0.985. The standard InChI is InChI=1S/C15H21N3O2/c1-12(17)15-11-18(7-9-20-15)6-8-19-14-4-2-13(10-16)3-5-14/h2-5,12,15H,6-9,11,17H2,1H3. The van der Waals surface area contributed by atoms with Crippen LogP contribution in [-0.2, 0) is 4.74 Å². The first kappa shape index (κ1) is 14.8. The van der Waals surface area contributed by atoms with Crippen LogP contribution in [0.3, 0.4) is 0 Å². The zero-order chi connectivity index (χ0) is 14.4. The van der Waals surface area contributed by atoms with Crippen LogP contribution in [0.4, 0.5) is 0 Å². The second kappa shape index (κ2) is 7.25. The van der Waals surface area contributed by atoms with Crippen molar-refractivity contribution in [2.75, 3.05) is 32.8 Å². The SMILES string of the molecule is CC(N)C1CN(CCOc2ccc(C#N)cc2)CCO1. The maximum atomic E-state index is 8.72. The van der Waals surface area contributed by atoms with Crippen molar-refractivity contribution in [2.24, 2.45) is 5.73 Å². The molecule has 0 radical (unpaired) electrons. The molecule has 0 spiro atoms. The van der Waals surface area contributed by atoms with E-state index < -0.39 is 0 Å². The van der Waals surface area contributed by atoms with Gasteiger partial charge in [-0.2, -0.15) is 5.26 Å². The zero-order valence-corrected chi connectivity index (χ0v) is 11.8. The Morgan fingerprint density at radius 2 is 2.25 bits per heavy atom. The lowest BCUT2D eigenvalue weighted by Gasteiger charge is -2.34. The maximum absolute atomic E-state index is 8.72. The average molecular weight is 275 g/mol. The van der Waals surface area contributed by atoms with Gasteiger partial charge < -0.3 is 15.2 Å². The summed E-state index contributed by atoms with van der Waals surface area (Å²) in [7, 11) is 0. The molecule has 0 amide bonds. The van der Waals surface area contributed by atoms with Gasteiger partial charge in [0, 0.05) is 25.7 Å². The summed E-state index contributed by atoms with van der Waals surface area (Å²) in [5.74, 6) is 0.793. The van der Waals surface area contributed by atoms with Gasteiger partial charge in [-0.3, -0.25) is 4.90 Å². The molecule has 5 nitrogen and oxygen atoms in total. The Labute approximate surface area is 119 Å². The predicted molar refractivity (Wildman–Crippen MR) is 76.5 cm³/mol. The number of hydrogen-bond donors (Lipinski definition) is 1. The second-order valence-corrected chi connectivity index (χ2v) is 5.05. The zero-order valence-electron chi connectivity index (χ0n) is 11.8. The first-order valence-corrected chi connectivity index (χ1v) is 6.91. The first-order valence-electron chi connectivity index (χ1n) is 6.91. The molecule has 0 aliphatic carbocycles. The van der Waals surface area contributed by atoms with Crippen LogP contribution in [0.5, 0.6) is 5.75 Å². The van der Waals surface area contributed by atoms with Gasteiger partial charge in [0.15, 0.2) is 0 Å². The Kier molecular flexibility index (Phi) is 5.36. The number of hydrogen-bond acceptors (Lipinski definition) is 5. The maximum Gasteiger partial charge on any atom is 0.119 e. The number of rotatable bonds is 5. The summed E-state index contributed by atoms with van der Waals surface area (Å²) in [5, 5.41) is 8.72. The van der Waals surface area contributed by atoms with Crippen LogP contribution in [0.15, 0.2) is 24.3 Å². The molecule has 0 bridgehead atoms. The van der Waals surface area contributed by atoms with E-state index >= 15 is 0 Å². The summed E-state index contributed by atoms with van der Waals surface area (Å²) in [6.07, 6.45) is 0.110. The number of nitrogens with two attached hydrogens (primary N) is 1. The third-order valence-corrected chi connectivity index (χ3v) is 3.42. The molecule has 2 N–H and O–H groups in total. The monoisotopic (exact) mass is 275 g/mol. The van der Waals surface area contributed by atoms with Gasteiger partial charge in [0.25, 0.3) is 0 Å². The second-order valence-electron chi connectivity index (χ2n) is 5.05. The molecule has 0 saturated carbocycles. The van der Waals surface area contributed by atoms with E-state index in [0.29, 0.717) is 12.2 Å². The van der Waals surface area contributed by atoms with Crippen LogP contribution >= 0.6 is 0 Å². The first-order chi connectivity index (χ1) is 9.69. The third-order valence-electron chi connectivity index (χ3n) is 3.42. The minimum Gasteiger partial charge on any atom is -0.492 e. The third kappa shape index (κ3) is 4.20. The molecule has 2 atom stereocenters. The van der Waals surface area contributed by atoms with Gasteiger partial charge in [-0.15, -0.1) is 0 Å². The van der Waals surface area contributed by atoms with Crippen molar-refractivity contribution in [3.05, 3.63) is 29.8 Å². The van der Waals surface area contributed by atoms with E-state index in [1.54, 1.807) is 12.1 Å². The van der Waals surface area contributed by atoms with E-state index in [-0.39, 0.29) is 12.1 Å². The van der Waals surface area contributed by atoms with E-state index in [1.807, 2.05) is 19.1 Å². The molecular formula is C15H21N3O2. The van der Waals surface area contributed by atoms with E-state index in [2.05, 4.69) is 11.0 Å². The fourth-order valence-corrected chi connectivity index (χ4v) is 2.17. The van der Waals surface area contributed by atoms with Crippen LogP contribution in [-0.4, -0.2) is 49.9 Å². The summed E-state index contributed by atoms with van der Waals surface area (Å²) >= 11 is 0. The molecule has 1 aromatic carbocycles. The van der Waals surface area contributed by atoms with E-state index in [0.717, 1.165) is 32.0 Å². The summed E-state index contributed by atoms with van der Waals surface area (Å²) in [5.41, 5.74) is 6.51. The molecule has 1 aromatic rings. The number of nitriles is 1. The smallest absolute Gasteiger partial charge is 0.119 e. The number of benzene rings is 1. The summed E-state index contributed by atoms with van der Waals surface area (Å²) < 4.78 is 11.3. The van der Waals surface area contributed by atoms with Crippen molar-refractivity contribution < 1.29 is 9.47 Å². The van der Waals surface area contributed by atoms with Crippen molar-refractivity contribution in [2.45, 2.75) is 19.1 Å². The molecule has 1 saturated heterocycles. The van der Waals surface area contributed by atoms with Crippen LogP contribution in [0, 0.1) is 11.3 Å². The normalized spacial score (nSPS) is 21.1. The quantitative estimate of drug-likeness (QED) is 0.867. The van der Waals surface area contributed by atoms with E-state index in [4.69, 9.17) is 20.5 Å². The molecule has 2 unspecified atom stereocenters. The molecule has 5 heteroatoms. The highest BCUT2D eigenvalue weighted by atomic mass is 16.5. The van der Waals surface area contributed by atoms with Crippen LogP contribution in [0.25, 0.3) is 0 Å². The topological polar surface area (TPSA) is 71.5 Å². The van der Waals surface area contributed by atoms with Crippen LogP contribution in [0.1, 0.15) is 12.5 Å². The molecular weight excluding hydrogens is 254 g/mol. The Morgan fingerprint density at radius 1 is 1.50 bits per heavy atom. The fourth-order valence-electron chi connectivity index (χ4n) is 2.17. The highest BCUT2D eigenvalue weighted by Gasteiger charge is 2.22. The average Bonchev–Trinajstić information content (AvgIpc) is 2.48. The van der Waals surface area contributed by atoms with Gasteiger partial charge in [-0.25, -0.2) is 0 Å². The van der Waals surface area contributed by atoms with Crippen LogP contribution in [0.2, 0.25) is 0 Å². The Morgan fingerprint density at radius 3 is 2.90 bits per heavy atom. The largest absolute Gasteiger partial charge is 0.492 e. The highest BCUT2D eigenvalue weighted by molar-refractivity contribution is 5.34. The van der Waals surface area contributed by atoms with Crippen LogP contribution < -0.4 is 10.5 Å². The van der Waals surface area contributed by atoms with E-state index in [1.165, 1.54) is 0 Å². The van der Waals surface area contributed by atoms with Crippen molar-refractivity contribution in [1.82, 2.24) is 4.90 Å². The van der Waals surface area contributed by atoms with Gasteiger partial charge >= 0.3 is 0 Å². The fraction of sp³-hybridized carbons (Fsp3) is 0.533. The van der Waals surface area contributed by atoms with E-state index in [9.17, 15) is 0 Å². The molecule has 0 aromatic heterocycles. The van der Waals surface area contributed by atoms with Gasteiger partial charge in [0.2, 0.25) is 0 Å². The summed E-state index contributed by atoms with van der Waals surface area (Å²) in [6, 6.07) is 9.31. The van der Waals surface area contributed by atoms with Crippen molar-refractivity contribution in [3.63, 3.8) is 0 Å². The Balaban J connectivity index is 1.73. The number of ether oxygens (including phenoxy) is 2. The number of morpholine rings is 1.